The molecule has 0 aliphatic rings. The minimum absolute atomic E-state index is 0.153. The van der Waals surface area contributed by atoms with E-state index in [0.717, 1.165) is 16.8 Å². The van der Waals surface area contributed by atoms with E-state index in [-0.39, 0.29) is 19.1 Å². The van der Waals surface area contributed by atoms with Crippen LogP contribution in [0.15, 0.2) is 67.0 Å². The second-order valence-electron chi connectivity index (χ2n) is 10.4. The Morgan fingerprint density at radius 2 is 1.95 bits per heavy atom. The van der Waals surface area contributed by atoms with Crippen LogP contribution in [0.4, 0.5) is 5.82 Å². The first kappa shape index (κ1) is 28.3. The molecule has 5 aromatic rings. The second kappa shape index (κ2) is 11.3. The van der Waals surface area contributed by atoms with Gasteiger partial charge in [-0.25, -0.2) is 9.67 Å². The average Bonchev–Trinajstić information content (AvgIpc) is 3.59. The lowest BCUT2D eigenvalue weighted by atomic mass is 10.0. The molecule has 3 N–H and O–H groups in total. The lowest BCUT2D eigenvalue weighted by molar-refractivity contribution is 0.0739. The van der Waals surface area contributed by atoms with Gasteiger partial charge in [0.1, 0.15) is 11.4 Å². The van der Waals surface area contributed by atoms with Crippen molar-refractivity contribution in [1.29, 1.82) is 0 Å². The summed E-state index contributed by atoms with van der Waals surface area (Å²) in [5.74, 6) is 0.351. The summed E-state index contributed by atoms with van der Waals surface area (Å²) in [7, 11) is 1.61. The van der Waals surface area contributed by atoms with Gasteiger partial charge >= 0.3 is 0 Å². The number of amides is 1. The van der Waals surface area contributed by atoms with Crippen molar-refractivity contribution in [1.82, 2.24) is 29.3 Å². The molecule has 0 aliphatic heterocycles. The lowest BCUT2D eigenvalue weighted by Crippen LogP contribution is -2.29. The van der Waals surface area contributed by atoms with Crippen LogP contribution >= 0.6 is 11.6 Å². The largest absolute Gasteiger partial charge is 0.395 e. The SMILES string of the molecule is Cc1nn2c(NCc3cccc(-n4cccn4)c3)cc(C(C)(C)O)nc2c1-c1ccc(Cl)c(C(=O)N(C)CCO)c1. The summed E-state index contributed by atoms with van der Waals surface area (Å²) < 4.78 is 3.52. The van der Waals surface area contributed by atoms with Gasteiger partial charge in [-0.3, -0.25) is 4.79 Å². The number of fused-ring (bicyclic) bond motifs is 1. The fourth-order valence-corrected chi connectivity index (χ4v) is 4.82. The van der Waals surface area contributed by atoms with Crippen molar-refractivity contribution in [2.45, 2.75) is 32.9 Å². The fourth-order valence-electron chi connectivity index (χ4n) is 4.63. The number of aliphatic hydroxyl groups excluding tert-OH is 1. The van der Waals surface area contributed by atoms with Crippen LogP contribution in [0.1, 0.15) is 41.2 Å². The molecule has 0 spiro atoms. The Morgan fingerprint density at radius 3 is 2.66 bits per heavy atom. The van der Waals surface area contributed by atoms with Crippen LogP contribution in [0.5, 0.6) is 0 Å². The molecule has 3 heterocycles. The van der Waals surface area contributed by atoms with Crippen molar-refractivity contribution in [3.63, 3.8) is 0 Å². The Labute approximate surface area is 242 Å². The number of likely N-dealkylation sites (N-methyl/N-ethyl adjacent to an activating group) is 1. The van der Waals surface area contributed by atoms with Crippen LogP contribution in [0, 0.1) is 6.92 Å². The molecule has 1 amide bonds. The number of aromatic nitrogens is 5. The van der Waals surface area contributed by atoms with Gasteiger partial charge in [-0.2, -0.15) is 14.7 Å². The van der Waals surface area contributed by atoms with Crippen LogP contribution in [-0.4, -0.2) is 65.6 Å². The molecular formula is C30H32ClN7O3. The Hall–Kier alpha value is -4.25. The molecule has 212 valence electrons. The Balaban J connectivity index is 1.57. The van der Waals surface area contributed by atoms with Crippen LogP contribution < -0.4 is 5.32 Å². The maximum absolute atomic E-state index is 13.0. The van der Waals surface area contributed by atoms with Gasteiger partial charge in [0.2, 0.25) is 0 Å². The van der Waals surface area contributed by atoms with E-state index in [9.17, 15) is 15.0 Å². The van der Waals surface area contributed by atoms with E-state index in [1.807, 2.05) is 43.5 Å². The van der Waals surface area contributed by atoms with Gasteiger partial charge in [0.05, 0.1) is 34.3 Å². The minimum atomic E-state index is -1.22. The summed E-state index contributed by atoms with van der Waals surface area (Å²) in [5, 5.41) is 33.1. The highest BCUT2D eigenvalue weighted by atomic mass is 35.5. The van der Waals surface area contributed by atoms with Gasteiger partial charge in [0.15, 0.2) is 5.65 Å². The predicted molar refractivity (Wildman–Crippen MR) is 158 cm³/mol. The van der Waals surface area contributed by atoms with Crippen LogP contribution in [0.2, 0.25) is 5.02 Å². The average molecular weight is 574 g/mol. The highest BCUT2D eigenvalue weighted by Crippen LogP contribution is 2.34. The van der Waals surface area contributed by atoms with Gasteiger partial charge in [-0.1, -0.05) is 29.8 Å². The van der Waals surface area contributed by atoms with E-state index in [1.165, 1.54) is 4.90 Å². The molecule has 0 aliphatic carbocycles. The maximum atomic E-state index is 13.0. The van der Waals surface area contributed by atoms with Crippen molar-refractivity contribution in [2.24, 2.45) is 0 Å². The number of nitrogens with zero attached hydrogens (tertiary/aromatic N) is 6. The van der Waals surface area contributed by atoms with E-state index in [4.69, 9.17) is 21.7 Å². The van der Waals surface area contributed by atoms with Crippen molar-refractivity contribution >= 4 is 29.0 Å². The molecule has 2 aromatic carbocycles. The molecule has 10 nitrogen and oxygen atoms in total. The van der Waals surface area contributed by atoms with Gasteiger partial charge in [-0.15, -0.1) is 0 Å². The molecular weight excluding hydrogens is 542 g/mol. The number of hydrogen-bond acceptors (Lipinski definition) is 7. The quantitative estimate of drug-likeness (QED) is 0.238. The minimum Gasteiger partial charge on any atom is -0.395 e. The Kier molecular flexibility index (Phi) is 7.81. The van der Waals surface area contributed by atoms with E-state index in [2.05, 4.69) is 16.5 Å². The lowest BCUT2D eigenvalue weighted by Gasteiger charge is -2.19. The first-order chi connectivity index (χ1) is 19.6. The molecule has 0 fully saturated rings. The first-order valence-corrected chi connectivity index (χ1v) is 13.6. The number of anilines is 1. The fraction of sp³-hybridized carbons (Fsp3) is 0.267. The number of benzene rings is 2. The standard InChI is InChI=1S/C30H32ClN7O3/c1-19-27(21-9-10-24(31)23(16-21)29(40)36(4)13-14-39)28-34-25(30(2,3)41)17-26(38(28)35-19)32-18-20-7-5-8-22(15-20)37-12-6-11-33-37/h5-12,15-17,32,39,41H,13-14,18H2,1-4H3. The molecule has 0 radical (unpaired) electrons. The first-order valence-electron chi connectivity index (χ1n) is 13.2. The summed E-state index contributed by atoms with van der Waals surface area (Å²) in [5.41, 5.74) is 4.18. The molecule has 41 heavy (non-hydrogen) atoms. The number of aryl methyl sites for hydroxylation is 1. The number of carbonyl (C=O) groups is 1. The third-order valence-electron chi connectivity index (χ3n) is 6.81. The number of rotatable bonds is 9. The smallest absolute Gasteiger partial charge is 0.255 e. The third kappa shape index (κ3) is 5.81. The van der Waals surface area contributed by atoms with Crippen molar-refractivity contribution in [3.8, 4) is 16.8 Å². The molecule has 0 saturated heterocycles. The summed E-state index contributed by atoms with van der Waals surface area (Å²) in [6.45, 7) is 5.76. The summed E-state index contributed by atoms with van der Waals surface area (Å²) in [4.78, 5) is 19.3. The number of aliphatic hydroxyl groups is 2. The monoisotopic (exact) mass is 573 g/mol. The summed E-state index contributed by atoms with van der Waals surface area (Å²) in [6, 6.07) is 16.9. The van der Waals surface area contributed by atoms with E-state index >= 15 is 0 Å². The zero-order valence-corrected chi connectivity index (χ0v) is 24.1. The van der Waals surface area contributed by atoms with E-state index in [0.29, 0.717) is 45.5 Å². The van der Waals surface area contributed by atoms with E-state index < -0.39 is 5.60 Å². The van der Waals surface area contributed by atoms with Crippen LogP contribution in [0.25, 0.3) is 22.5 Å². The molecule has 0 saturated carbocycles. The molecule has 5 rings (SSSR count). The van der Waals surface area contributed by atoms with Crippen LogP contribution in [-0.2, 0) is 12.1 Å². The van der Waals surface area contributed by atoms with Crippen molar-refractivity contribution in [3.05, 3.63) is 94.5 Å². The number of carbonyl (C=O) groups excluding carboxylic acids is 1. The predicted octanol–water partition coefficient (Wildman–Crippen LogP) is 4.45. The van der Waals surface area contributed by atoms with Gasteiger partial charge in [0.25, 0.3) is 5.91 Å². The normalized spacial score (nSPS) is 11.7. The highest BCUT2D eigenvalue weighted by molar-refractivity contribution is 6.34. The van der Waals surface area contributed by atoms with E-state index in [1.54, 1.807) is 54.5 Å². The second-order valence-corrected chi connectivity index (χ2v) is 10.8. The topological polar surface area (TPSA) is 121 Å². The van der Waals surface area contributed by atoms with Gasteiger partial charge < -0.3 is 20.4 Å². The zero-order valence-electron chi connectivity index (χ0n) is 23.3. The van der Waals surface area contributed by atoms with Crippen LogP contribution in [0.3, 0.4) is 0 Å². The van der Waals surface area contributed by atoms with Gasteiger partial charge in [0, 0.05) is 44.2 Å². The number of hydrogen-bond donors (Lipinski definition) is 3. The summed E-state index contributed by atoms with van der Waals surface area (Å²) in [6.07, 6.45) is 3.63. The summed E-state index contributed by atoms with van der Waals surface area (Å²) >= 11 is 6.41. The van der Waals surface area contributed by atoms with Gasteiger partial charge in [-0.05, 0) is 62.2 Å². The van der Waals surface area contributed by atoms with Crippen molar-refractivity contribution in [2.75, 3.05) is 25.5 Å². The molecule has 3 aromatic heterocycles. The molecule has 0 bridgehead atoms. The molecule has 11 heteroatoms. The number of nitrogens with one attached hydrogen (secondary N) is 1. The zero-order chi connectivity index (χ0) is 29.3. The molecule has 0 unspecified atom stereocenters. The maximum Gasteiger partial charge on any atom is 0.255 e. The highest BCUT2D eigenvalue weighted by Gasteiger charge is 2.25. The number of halogens is 1. The third-order valence-corrected chi connectivity index (χ3v) is 7.14. The van der Waals surface area contributed by atoms with Crippen molar-refractivity contribution < 1.29 is 15.0 Å². The Morgan fingerprint density at radius 1 is 1.15 bits per heavy atom. The Bertz CT molecular complexity index is 1710. The molecule has 0 atom stereocenters.